The minimum absolute atomic E-state index is 0.00625. The highest BCUT2D eigenvalue weighted by molar-refractivity contribution is 6.06. The Morgan fingerprint density at radius 3 is 2.25 bits per heavy atom. The van der Waals surface area contributed by atoms with Crippen molar-refractivity contribution < 1.29 is 14.5 Å². The van der Waals surface area contributed by atoms with Gasteiger partial charge in [0, 0.05) is 11.6 Å². The second-order valence-corrected chi connectivity index (χ2v) is 8.25. The molecular weight excluding hydrogens is 404 g/mol. The van der Waals surface area contributed by atoms with Crippen molar-refractivity contribution >= 4 is 17.5 Å². The molecule has 6 heteroatoms. The third kappa shape index (κ3) is 5.46. The van der Waals surface area contributed by atoms with Crippen LogP contribution in [-0.4, -0.2) is 10.7 Å². The van der Waals surface area contributed by atoms with Gasteiger partial charge in [0.1, 0.15) is 5.75 Å². The Labute approximate surface area is 186 Å². The number of hydrogen-bond donors (Lipinski definition) is 0. The van der Waals surface area contributed by atoms with Crippen LogP contribution in [-0.2, 0) is 5.41 Å². The number of nitriles is 1. The van der Waals surface area contributed by atoms with Crippen LogP contribution in [0.1, 0.15) is 47.8 Å². The molecule has 160 valence electrons. The van der Waals surface area contributed by atoms with Crippen molar-refractivity contribution in [3.05, 3.63) is 105 Å². The van der Waals surface area contributed by atoms with E-state index in [9.17, 15) is 14.9 Å². The molecule has 0 spiro atoms. The van der Waals surface area contributed by atoms with Crippen molar-refractivity contribution in [1.29, 1.82) is 5.26 Å². The summed E-state index contributed by atoms with van der Waals surface area (Å²) in [6.07, 6.45) is 2.85. The summed E-state index contributed by atoms with van der Waals surface area (Å²) in [6, 6.07) is 20.2. The SMILES string of the molecule is CC(C)(C)c1ccc(Oc2ccc(C=CC(=O)c3ccc(C#N)cc3)cc2[N+](=O)[O-])cc1. The second-order valence-electron chi connectivity index (χ2n) is 8.25. The number of carbonyl (C=O) groups is 1. The maximum atomic E-state index is 12.3. The average molecular weight is 426 g/mol. The number of nitrogens with zero attached hydrogens (tertiary/aromatic N) is 2. The normalized spacial score (nSPS) is 11.2. The summed E-state index contributed by atoms with van der Waals surface area (Å²) in [5.74, 6) is 0.353. The highest BCUT2D eigenvalue weighted by atomic mass is 16.6. The topological polar surface area (TPSA) is 93.2 Å². The zero-order valence-corrected chi connectivity index (χ0v) is 18.0. The van der Waals surface area contributed by atoms with Gasteiger partial charge in [-0.15, -0.1) is 0 Å². The Bertz CT molecular complexity index is 1210. The molecule has 0 saturated heterocycles. The van der Waals surface area contributed by atoms with Gasteiger partial charge in [0.05, 0.1) is 16.6 Å². The zero-order chi connectivity index (χ0) is 23.3. The maximum absolute atomic E-state index is 12.3. The monoisotopic (exact) mass is 426 g/mol. The summed E-state index contributed by atoms with van der Waals surface area (Å²) in [5.41, 5.74) is 2.31. The number of nitro benzene ring substituents is 1. The largest absolute Gasteiger partial charge is 0.450 e. The van der Waals surface area contributed by atoms with Crippen LogP contribution in [0.3, 0.4) is 0 Å². The van der Waals surface area contributed by atoms with Crippen LogP contribution in [0, 0.1) is 21.4 Å². The van der Waals surface area contributed by atoms with Crippen molar-refractivity contribution in [1.82, 2.24) is 0 Å². The van der Waals surface area contributed by atoms with E-state index >= 15 is 0 Å². The molecule has 0 aliphatic heterocycles. The molecule has 0 unspecified atom stereocenters. The molecule has 0 heterocycles. The van der Waals surface area contributed by atoms with Crippen LogP contribution >= 0.6 is 0 Å². The molecule has 0 N–H and O–H groups in total. The zero-order valence-electron chi connectivity index (χ0n) is 18.0. The van der Waals surface area contributed by atoms with Crippen molar-refractivity contribution in [3.8, 4) is 17.6 Å². The van der Waals surface area contributed by atoms with Crippen molar-refractivity contribution in [2.75, 3.05) is 0 Å². The van der Waals surface area contributed by atoms with Gasteiger partial charge in [0.25, 0.3) is 0 Å². The van der Waals surface area contributed by atoms with E-state index in [4.69, 9.17) is 10.00 Å². The molecule has 6 nitrogen and oxygen atoms in total. The first-order valence-corrected chi connectivity index (χ1v) is 9.97. The highest BCUT2D eigenvalue weighted by Gasteiger charge is 2.18. The first-order chi connectivity index (χ1) is 15.2. The molecule has 0 bridgehead atoms. The van der Waals surface area contributed by atoms with E-state index < -0.39 is 4.92 Å². The van der Waals surface area contributed by atoms with E-state index in [0.29, 0.717) is 22.4 Å². The lowest BCUT2D eigenvalue weighted by atomic mass is 9.87. The predicted octanol–water partition coefficient (Wildman–Crippen LogP) is 6.45. The number of ketones is 1. The lowest BCUT2D eigenvalue weighted by Gasteiger charge is -2.19. The Hall–Kier alpha value is -4.24. The second kappa shape index (κ2) is 9.27. The van der Waals surface area contributed by atoms with E-state index in [-0.39, 0.29) is 22.6 Å². The first-order valence-electron chi connectivity index (χ1n) is 9.97. The van der Waals surface area contributed by atoms with Crippen LogP contribution in [0.2, 0.25) is 0 Å². The molecule has 0 saturated carbocycles. The minimum atomic E-state index is -0.515. The van der Waals surface area contributed by atoms with Crippen molar-refractivity contribution in [2.24, 2.45) is 0 Å². The third-order valence-corrected chi connectivity index (χ3v) is 4.85. The summed E-state index contributed by atoms with van der Waals surface area (Å²) >= 11 is 0. The van der Waals surface area contributed by atoms with Gasteiger partial charge in [-0.1, -0.05) is 45.0 Å². The molecule has 3 aromatic carbocycles. The summed E-state index contributed by atoms with van der Waals surface area (Å²) in [6.45, 7) is 6.31. The molecule has 0 aromatic heterocycles. The summed E-state index contributed by atoms with van der Waals surface area (Å²) in [5, 5.41) is 20.4. The van der Waals surface area contributed by atoms with E-state index in [2.05, 4.69) is 20.8 Å². The Kier molecular flexibility index (Phi) is 6.50. The van der Waals surface area contributed by atoms with E-state index in [0.717, 1.165) is 5.56 Å². The number of nitro groups is 1. The molecule has 3 rings (SSSR count). The number of ether oxygens (including phenoxy) is 1. The van der Waals surface area contributed by atoms with Crippen molar-refractivity contribution in [2.45, 2.75) is 26.2 Å². The van der Waals surface area contributed by atoms with Gasteiger partial charge in [-0.2, -0.15) is 5.26 Å². The van der Waals surface area contributed by atoms with Gasteiger partial charge in [-0.05, 0) is 65.1 Å². The summed E-state index contributed by atoms with van der Waals surface area (Å²) in [4.78, 5) is 23.4. The molecule has 0 radical (unpaired) electrons. The lowest BCUT2D eigenvalue weighted by Crippen LogP contribution is -2.10. The predicted molar refractivity (Wildman–Crippen MR) is 123 cm³/mol. The number of benzene rings is 3. The molecule has 3 aromatic rings. The van der Waals surface area contributed by atoms with Crippen molar-refractivity contribution in [3.63, 3.8) is 0 Å². The van der Waals surface area contributed by atoms with Crippen LogP contribution < -0.4 is 4.74 Å². The van der Waals surface area contributed by atoms with Gasteiger partial charge in [0.15, 0.2) is 5.78 Å². The quantitative estimate of drug-likeness (QED) is 0.195. The number of allylic oxidation sites excluding steroid dienone is 1. The Morgan fingerprint density at radius 1 is 1.03 bits per heavy atom. The number of carbonyl (C=O) groups excluding carboxylic acids is 1. The molecule has 32 heavy (non-hydrogen) atoms. The van der Waals surface area contributed by atoms with Gasteiger partial charge in [-0.3, -0.25) is 14.9 Å². The van der Waals surface area contributed by atoms with Crippen LogP contribution in [0.4, 0.5) is 5.69 Å². The Balaban J connectivity index is 1.79. The third-order valence-electron chi connectivity index (χ3n) is 4.85. The molecule has 0 fully saturated rings. The smallest absolute Gasteiger partial charge is 0.312 e. The van der Waals surface area contributed by atoms with Gasteiger partial charge < -0.3 is 4.74 Å². The van der Waals surface area contributed by atoms with Gasteiger partial charge >= 0.3 is 5.69 Å². The maximum Gasteiger partial charge on any atom is 0.312 e. The fourth-order valence-corrected chi connectivity index (χ4v) is 2.99. The Morgan fingerprint density at radius 2 is 1.69 bits per heavy atom. The molecule has 0 atom stereocenters. The molecule has 0 aliphatic carbocycles. The van der Waals surface area contributed by atoms with Crippen LogP contribution in [0.5, 0.6) is 11.5 Å². The van der Waals surface area contributed by atoms with E-state index in [1.54, 1.807) is 42.5 Å². The first kappa shape index (κ1) is 22.4. The summed E-state index contributed by atoms with van der Waals surface area (Å²) in [7, 11) is 0. The van der Waals surface area contributed by atoms with Crippen LogP contribution in [0.15, 0.2) is 72.8 Å². The lowest BCUT2D eigenvalue weighted by molar-refractivity contribution is -0.385. The molecule has 0 amide bonds. The summed E-state index contributed by atoms with van der Waals surface area (Å²) < 4.78 is 5.75. The fraction of sp³-hybridized carbons (Fsp3) is 0.154. The fourth-order valence-electron chi connectivity index (χ4n) is 2.99. The standard InChI is InChI=1S/C26H22N2O4/c1-26(2,3)21-10-12-22(13-11-21)32-25-15-7-18(16-23(25)28(30)31)6-14-24(29)20-8-4-19(17-27)5-9-20/h4-16H,1-3H3. The van der Waals surface area contributed by atoms with E-state index in [1.165, 1.54) is 24.3 Å². The number of rotatable bonds is 6. The van der Waals surface area contributed by atoms with Gasteiger partial charge in [-0.25, -0.2) is 0 Å². The van der Waals surface area contributed by atoms with Crippen LogP contribution in [0.25, 0.3) is 6.08 Å². The minimum Gasteiger partial charge on any atom is -0.450 e. The van der Waals surface area contributed by atoms with E-state index in [1.807, 2.05) is 18.2 Å². The molecule has 0 aliphatic rings. The van der Waals surface area contributed by atoms with Gasteiger partial charge in [0.2, 0.25) is 5.75 Å². The molecular formula is C26H22N2O4. The average Bonchev–Trinajstić information content (AvgIpc) is 2.77. The number of hydrogen-bond acceptors (Lipinski definition) is 5. The highest BCUT2D eigenvalue weighted by Crippen LogP contribution is 2.33.